The Balaban J connectivity index is 1.80. The second kappa shape index (κ2) is 6.11. The monoisotopic (exact) mass is 334 g/mol. The Bertz CT molecular complexity index is 992. The van der Waals surface area contributed by atoms with Crippen molar-refractivity contribution in [2.75, 3.05) is 0 Å². The second-order valence-electron chi connectivity index (χ2n) is 5.58. The molecule has 0 atom stereocenters. The number of halogens is 1. The van der Waals surface area contributed by atoms with E-state index in [2.05, 4.69) is 29.2 Å². The van der Waals surface area contributed by atoms with Crippen LogP contribution in [0.25, 0.3) is 28.0 Å². The Hall–Kier alpha value is -2.62. The number of rotatable bonds is 3. The molecule has 2 heterocycles. The molecule has 0 aliphatic heterocycles. The molecule has 0 saturated heterocycles. The van der Waals surface area contributed by atoms with Crippen LogP contribution in [-0.4, -0.2) is 14.5 Å². The lowest BCUT2D eigenvalue weighted by Gasteiger charge is -2.05. The van der Waals surface area contributed by atoms with Crippen molar-refractivity contribution in [3.05, 3.63) is 83.6 Å². The van der Waals surface area contributed by atoms with Crippen LogP contribution in [0.15, 0.2) is 72.9 Å². The van der Waals surface area contributed by atoms with Crippen molar-refractivity contribution < 1.29 is 5.11 Å². The summed E-state index contributed by atoms with van der Waals surface area (Å²) in [6.07, 6.45) is 1.78. The van der Waals surface area contributed by atoms with Gasteiger partial charge in [0.15, 0.2) is 0 Å². The average molecular weight is 335 g/mol. The van der Waals surface area contributed by atoms with Crippen LogP contribution in [0, 0.1) is 0 Å². The molecule has 3 nitrogen and oxygen atoms in total. The number of benzene rings is 2. The molecule has 0 radical (unpaired) electrons. The Labute approximate surface area is 144 Å². The summed E-state index contributed by atoms with van der Waals surface area (Å²) in [7, 11) is 0. The van der Waals surface area contributed by atoms with E-state index < -0.39 is 0 Å². The molecular formula is C20H15ClN2O. The van der Waals surface area contributed by atoms with Crippen LogP contribution in [0.2, 0.25) is 5.02 Å². The standard InChI is InChI=1S/C20H15ClN2O/c21-17-10-11-19-22-20(18(13-24)23(19)12-17)16-8-6-15(7-9-16)14-4-2-1-3-5-14/h1-12,24H,13H2. The summed E-state index contributed by atoms with van der Waals surface area (Å²) in [5.74, 6) is 0. The lowest BCUT2D eigenvalue weighted by molar-refractivity contribution is 0.276. The Morgan fingerprint density at radius 1 is 0.833 bits per heavy atom. The van der Waals surface area contributed by atoms with Crippen LogP contribution in [0.4, 0.5) is 0 Å². The first-order valence-electron chi connectivity index (χ1n) is 7.69. The number of aliphatic hydroxyl groups excluding tert-OH is 1. The number of aromatic nitrogens is 2. The highest BCUT2D eigenvalue weighted by Gasteiger charge is 2.13. The van der Waals surface area contributed by atoms with Gasteiger partial charge in [-0.15, -0.1) is 0 Å². The number of pyridine rings is 1. The lowest BCUT2D eigenvalue weighted by Crippen LogP contribution is -1.94. The number of hydrogen-bond donors (Lipinski definition) is 1. The number of aliphatic hydroxyl groups is 1. The summed E-state index contributed by atoms with van der Waals surface area (Å²) in [5, 5.41) is 10.4. The van der Waals surface area contributed by atoms with Gasteiger partial charge in [-0.2, -0.15) is 0 Å². The maximum atomic E-state index is 9.79. The fourth-order valence-electron chi connectivity index (χ4n) is 2.90. The minimum absolute atomic E-state index is 0.0999. The summed E-state index contributed by atoms with van der Waals surface area (Å²) >= 11 is 6.06. The summed E-state index contributed by atoms with van der Waals surface area (Å²) in [4.78, 5) is 4.64. The zero-order valence-corrected chi connectivity index (χ0v) is 13.6. The molecule has 0 unspecified atom stereocenters. The van der Waals surface area contributed by atoms with E-state index >= 15 is 0 Å². The van der Waals surface area contributed by atoms with E-state index in [-0.39, 0.29) is 6.61 Å². The maximum absolute atomic E-state index is 9.79. The molecule has 4 heteroatoms. The molecule has 4 rings (SSSR count). The van der Waals surface area contributed by atoms with Crippen LogP contribution >= 0.6 is 11.6 Å². The summed E-state index contributed by atoms with van der Waals surface area (Å²) < 4.78 is 1.84. The maximum Gasteiger partial charge on any atom is 0.137 e. The SMILES string of the molecule is OCc1c(-c2ccc(-c3ccccc3)cc2)nc2ccc(Cl)cn12. The average Bonchev–Trinajstić information content (AvgIpc) is 3.00. The van der Waals surface area contributed by atoms with Crippen molar-refractivity contribution in [3.63, 3.8) is 0 Å². The first kappa shape index (κ1) is 14.9. The third-order valence-corrected chi connectivity index (χ3v) is 4.32. The number of imidazole rings is 1. The first-order chi connectivity index (χ1) is 11.8. The van der Waals surface area contributed by atoms with E-state index in [0.717, 1.165) is 28.2 Å². The van der Waals surface area contributed by atoms with E-state index in [0.29, 0.717) is 5.02 Å². The highest BCUT2D eigenvalue weighted by Crippen LogP contribution is 2.28. The summed E-state index contributed by atoms with van der Waals surface area (Å²) in [5.41, 5.74) is 5.58. The zero-order chi connectivity index (χ0) is 16.5. The van der Waals surface area contributed by atoms with Gasteiger partial charge in [-0.1, -0.05) is 66.2 Å². The van der Waals surface area contributed by atoms with Crippen molar-refractivity contribution in [2.45, 2.75) is 6.61 Å². The molecule has 118 valence electrons. The van der Waals surface area contributed by atoms with E-state index in [9.17, 15) is 5.11 Å². The van der Waals surface area contributed by atoms with Gasteiger partial charge < -0.3 is 5.11 Å². The molecule has 4 aromatic rings. The third-order valence-electron chi connectivity index (χ3n) is 4.10. The van der Waals surface area contributed by atoms with Gasteiger partial charge in [0.05, 0.1) is 23.0 Å². The minimum Gasteiger partial charge on any atom is -0.390 e. The lowest BCUT2D eigenvalue weighted by atomic mass is 10.0. The van der Waals surface area contributed by atoms with Crippen LogP contribution in [-0.2, 0) is 6.61 Å². The van der Waals surface area contributed by atoms with Crippen LogP contribution in [0.5, 0.6) is 0 Å². The highest BCUT2D eigenvalue weighted by atomic mass is 35.5. The van der Waals surface area contributed by atoms with E-state index in [1.165, 1.54) is 5.56 Å². The smallest absolute Gasteiger partial charge is 0.137 e. The molecule has 0 fully saturated rings. The molecule has 0 bridgehead atoms. The molecule has 24 heavy (non-hydrogen) atoms. The van der Waals surface area contributed by atoms with Gasteiger partial charge in [0.25, 0.3) is 0 Å². The molecule has 2 aromatic heterocycles. The molecular weight excluding hydrogens is 320 g/mol. The van der Waals surface area contributed by atoms with Gasteiger partial charge >= 0.3 is 0 Å². The fraction of sp³-hybridized carbons (Fsp3) is 0.0500. The van der Waals surface area contributed by atoms with E-state index in [4.69, 9.17) is 11.6 Å². The largest absolute Gasteiger partial charge is 0.390 e. The second-order valence-corrected chi connectivity index (χ2v) is 6.02. The van der Waals surface area contributed by atoms with Crippen molar-refractivity contribution in [1.29, 1.82) is 0 Å². The third kappa shape index (κ3) is 2.58. The van der Waals surface area contributed by atoms with Crippen molar-refractivity contribution in [3.8, 4) is 22.4 Å². The topological polar surface area (TPSA) is 37.5 Å². The van der Waals surface area contributed by atoms with Gasteiger partial charge in [0.1, 0.15) is 5.65 Å². The molecule has 0 saturated carbocycles. The van der Waals surface area contributed by atoms with Crippen molar-refractivity contribution in [1.82, 2.24) is 9.38 Å². The first-order valence-corrected chi connectivity index (χ1v) is 8.07. The summed E-state index contributed by atoms with van der Waals surface area (Å²) in [6, 6.07) is 22.1. The van der Waals surface area contributed by atoms with Gasteiger partial charge in [0, 0.05) is 11.8 Å². The highest BCUT2D eigenvalue weighted by molar-refractivity contribution is 6.30. The molecule has 2 aromatic carbocycles. The Kier molecular flexibility index (Phi) is 3.81. The van der Waals surface area contributed by atoms with E-state index in [1.54, 1.807) is 12.3 Å². The normalized spacial score (nSPS) is 11.1. The predicted octanol–water partition coefficient (Wildman–Crippen LogP) is 4.81. The zero-order valence-electron chi connectivity index (χ0n) is 12.9. The van der Waals surface area contributed by atoms with Gasteiger partial charge in [-0.05, 0) is 23.3 Å². The van der Waals surface area contributed by atoms with Crippen molar-refractivity contribution >= 4 is 17.2 Å². The molecule has 0 amide bonds. The Morgan fingerprint density at radius 2 is 1.50 bits per heavy atom. The molecule has 1 N–H and O–H groups in total. The molecule has 0 aliphatic rings. The quantitative estimate of drug-likeness (QED) is 0.583. The summed E-state index contributed by atoms with van der Waals surface area (Å²) in [6.45, 7) is -0.0999. The number of fused-ring (bicyclic) bond motifs is 1. The van der Waals surface area contributed by atoms with Crippen LogP contribution in [0.1, 0.15) is 5.69 Å². The fourth-order valence-corrected chi connectivity index (χ4v) is 3.06. The Morgan fingerprint density at radius 3 is 2.21 bits per heavy atom. The predicted molar refractivity (Wildman–Crippen MR) is 97.0 cm³/mol. The van der Waals surface area contributed by atoms with Gasteiger partial charge in [-0.25, -0.2) is 4.98 Å². The minimum atomic E-state index is -0.0999. The molecule has 0 spiro atoms. The van der Waals surface area contributed by atoms with Gasteiger partial charge in [-0.3, -0.25) is 4.40 Å². The van der Waals surface area contributed by atoms with E-state index in [1.807, 2.05) is 40.8 Å². The molecule has 0 aliphatic carbocycles. The number of hydrogen-bond acceptors (Lipinski definition) is 2. The number of nitrogens with zero attached hydrogens (tertiary/aromatic N) is 2. The van der Waals surface area contributed by atoms with Gasteiger partial charge in [0.2, 0.25) is 0 Å². The van der Waals surface area contributed by atoms with Crippen LogP contribution in [0.3, 0.4) is 0 Å². The van der Waals surface area contributed by atoms with Crippen molar-refractivity contribution in [2.24, 2.45) is 0 Å². The van der Waals surface area contributed by atoms with Crippen LogP contribution < -0.4 is 0 Å².